The Balaban J connectivity index is 0.000000339. The minimum absolute atomic E-state index is 0.0142. The minimum atomic E-state index is -5.08. The number of alkyl halides is 3. The van der Waals surface area contributed by atoms with Gasteiger partial charge in [-0.1, -0.05) is 0 Å². The van der Waals surface area contributed by atoms with Crippen LogP contribution in [0.5, 0.6) is 0 Å². The number of rotatable bonds is 3. The van der Waals surface area contributed by atoms with E-state index in [1.807, 2.05) is 52.0 Å². The third-order valence-electron chi connectivity index (χ3n) is 5.28. The van der Waals surface area contributed by atoms with Crippen molar-refractivity contribution in [3.8, 4) is 0 Å². The number of likely N-dealkylation sites (tertiary alicyclic amines) is 2. The number of nitrogens with zero attached hydrogens (tertiary/aromatic N) is 4. The number of carboxylic acids is 1. The standard InChI is InChI=1S/C17H20N4O2S.C2HF3O2/c1-11-18-12(10-24-11)9-21-13-5-7-20(15(13)8-16(21)22)17(23)14-4-3-6-19(14)2;3-2(4,5)1(6)7/h3-4,6,10,13,15H,5,7-9H2,1-2H3;(H,6,7). The molecule has 2 aromatic heterocycles. The fourth-order valence-electron chi connectivity index (χ4n) is 3.87. The number of thiazole rings is 1. The molecule has 8 nitrogen and oxygen atoms in total. The maximum atomic E-state index is 12.8. The number of halogens is 3. The van der Waals surface area contributed by atoms with E-state index in [9.17, 15) is 22.8 Å². The van der Waals surface area contributed by atoms with Gasteiger partial charge in [-0.05, 0) is 25.5 Å². The first-order valence-electron chi connectivity index (χ1n) is 9.42. The topological polar surface area (TPSA) is 95.7 Å². The second-order valence-corrected chi connectivity index (χ2v) is 8.38. The molecule has 12 heteroatoms. The molecule has 0 aliphatic carbocycles. The first kappa shape index (κ1) is 22.8. The van der Waals surface area contributed by atoms with Gasteiger partial charge in [0.2, 0.25) is 5.91 Å². The fraction of sp³-hybridized carbons (Fsp3) is 0.474. The Kier molecular flexibility index (Phi) is 6.39. The van der Waals surface area contributed by atoms with E-state index >= 15 is 0 Å². The zero-order valence-electron chi connectivity index (χ0n) is 16.8. The third-order valence-corrected chi connectivity index (χ3v) is 6.10. The lowest BCUT2D eigenvalue weighted by molar-refractivity contribution is -0.192. The van der Waals surface area contributed by atoms with Gasteiger partial charge in [0, 0.05) is 31.6 Å². The molecule has 1 N–H and O–H groups in total. The summed E-state index contributed by atoms with van der Waals surface area (Å²) in [7, 11) is 1.87. The smallest absolute Gasteiger partial charge is 0.475 e. The normalized spacial score (nSPS) is 20.5. The molecule has 4 rings (SSSR count). The number of aliphatic carboxylic acids is 1. The number of carboxylic acid groups (broad SMARTS) is 1. The monoisotopic (exact) mass is 458 g/mol. The van der Waals surface area contributed by atoms with E-state index in [1.54, 1.807) is 11.3 Å². The summed E-state index contributed by atoms with van der Waals surface area (Å²) in [4.78, 5) is 42.4. The highest BCUT2D eigenvalue weighted by Gasteiger charge is 2.48. The van der Waals surface area contributed by atoms with Gasteiger partial charge in [-0.3, -0.25) is 9.59 Å². The lowest BCUT2D eigenvalue weighted by Crippen LogP contribution is -2.40. The van der Waals surface area contributed by atoms with Crippen LogP contribution in [0.25, 0.3) is 0 Å². The molecular weight excluding hydrogens is 437 g/mol. The Morgan fingerprint density at radius 1 is 1.32 bits per heavy atom. The summed E-state index contributed by atoms with van der Waals surface area (Å²) in [6.45, 7) is 3.23. The highest BCUT2D eigenvalue weighted by molar-refractivity contribution is 7.09. The van der Waals surface area contributed by atoms with Crippen molar-refractivity contribution in [2.45, 2.75) is 44.6 Å². The van der Waals surface area contributed by atoms with Gasteiger partial charge >= 0.3 is 12.1 Å². The predicted octanol–water partition coefficient (Wildman–Crippen LogP) is 2.44. The molecule has 0 spiro atoms. The largest absolute Gasteiger partial charge is 0.490 e. The molecule has 0 bridgehead atoms. The van der Waals surface area contributed by atoms with Crippen LogP contribution < -0.4 is 0 Å². The zero-order chi connectivity index (χ0) is 22.9. The quantitative estimate of drug-likeness (QED) is 0.762. The molecule has 0 saturated carbocycles. The molecule has 0 radical (unpaired) electrons. The summed E-state index contributed by atoms with van der Waals surface area (Å²) < 4.78 is 33.6. The van der Waals surface area contributed by atoms with Crippen molar-refractivity contribution in [3.63, 3.8) is 0 Å². The van der Waals surface area contributed by atoms with Crippen molar-refractivity contribution in [2.75, 3.05) is 6.54 Å². The SMILES string of the molecule is Cc1nc(CN2C(=O)CC3C2CCN3C(=O)c2cccn2C)cs1.O=C(O)C(F)(F)F. The molecule has 2 atom stereocenters. The number of carbonyl (C=O) groups excluding carboxylic acids is 2. The van der Waals surface area contributed by atoms with E-state index < -0.39 is 12.1 Å². The highest BCUT2D eigenvalue weighted by atomic mass is 32.1. The summed E-state index contributed by atoms with van der Waals surface area (Å²) in [6.07, 6.45) is -1.95. The molecule has 4 heterocycles. The second-order valence-electron chi connectivity index (χ2n) is 7.31. The summed E-state index contributed by atoms with van der Waals surface area (Å²) in [5, 5.41) is 10.2. The molecule has 2 saturated heterocycles. The number of aromatic nitrogens is 2. The second kappa shape index (κ2) is 8.69. The molecule has 2 unspecified atom stereocenters. The summed E-state index contributed by atoms with van der Waals surface area (Å²) in [5.74, 6) is -2.61. The zero-order valence-corrected chi connectivity index (χ0v) is 17.6. The van der Waals surface area contributed by atoms with Gasteiger partial charge in [0.1, 0.15) is 5.69 Å². The van der Waals surface area contributed by atoms with Crippen LogP contribution >= 0.6 is 11.3 Å². The molecule has 168 valence electrons. The van der Waals surface area contributed by atoms with Gasteiger partial charge in [-0.25, -0.2) is 9.78 Å². The van der Waals surface area contributed by atoms with Crippen LogP contribution in [0.4, 0.5) is 13.2 Å². The van der Waals surface area contributed by atoms with Crippen LogP contribution in [0, 0.1) is 6.92 Å². The van der Waals surface area contributed by atoms with E-state index in [0.29, 0.717) is 25.2 Å². The first-order valence-corrected chi connectivity index (χ1v) is 10.3. The van der Waals surface area contributed by atoms with Crippen molar-refractivity contribution in [1.82, 2.24) is 19.4 Å². The Hall–Kier alpha value is -2.89. The van der Waals surface area contributed by atoms with Crippen molar-refractivity contribution in [2.24, 2.45) is 7.05 Å². The molecular formula is C19H21F3N4O4S. The van der Waals surface area contributed by atoms with Crippen molar-refractivity contribution in [1.29, 1.82) is 0 Å². The number of hydrogen-bond acceptors (Lipinski definition) is 5. The van der Waals surface area contributed by atoms with Crippen LogP contribution in [0.15, 0.2) is 23.7 Å². The van der Waals surface area contributed by atoms with Crippen LogP contribution in [-0.2, 0) is 23.2 Å². The van der Waals surface area contributed by atoms with Crippen LogP contribution in [0.2, 0.25) is 0 Å². The van der Waals surface area contributed by atoms with E-state index in [2.05, 4.69) is 4.98 Å². The molecule has 2 amide bonds. The Morgan fingerprint density at radius 2 is 2.00 bits per heavy atom. The number of carbonyl (C=O) groups is 3. The maximum absolute atomic E-state index is 12.8. The van der Waals surface area contributed by atoms with E-state index in [1.165, 1.54) is 0 Å². The number of hydrogen-bond donors (Lipinski definition) is 1. The number of amides is 2. The first-order chi connectivity index (χ1) is 14.5. The van der Waals surface area contributed by atoms with Gasteiger partial charge in [-0.2, -0.15) is 13.2 Å². The van der Waals surface area contributed by atoms with Crippen molar-refractivity contribution < 1.29 is 32.7 Å². The molecule has 2 fully saturated rings. The molecule has 0 aromatic carbocycles. The average Bonchev–Trinajstić information content (AvgIpc) is 3.43. The summed E-state index contributed by atoms with van der Waals surface area (Å²) >= 11 is 1.60. The van der Waals surface area contributed by atoms with Gasteiger partial charge in [0.15, 0.2) is 0 Å². The van der Waals surface area contributed by atoms with E-state index in [-0.39, 0.29) is 23.9 Å². The summed E-state index contributed by atoms with van der Waals surface area (Å²) in [5.41, 5.74) is 1.62. The van der Waals surface area contributed by atoms with Crippen LogP contribution in [0.3, 0.4) is 0 Å². The molecule has 31 heavy (non-hydrogen) atoms. The third kappa shape index (κ3) is 4.89. The lowest BCUT2D eigenvalue weighted by Gasteiger charge is -2.25. The summed E-state index contributed by atoms with van der Waals surface area (Å²) in [6, 6.07) is 3.81. The average molecular weight is 458 g/mol. The van der Waals surface area contributed by atoms with Crippen molar-refractivity contribution in [3.05, 3.63) is 40.1 Å². The van der Waals surface area contributed by atoms with Crippen LogP contribution in [0.1, 0.15) is 34.0 Å². The Labute approximate surface area is 179 Å². The fourth-order valence-corrected chi connectivity index (χ4v) is 4.48. The molecule has 2 aliphatic rings. The van der Waals surface area contributed by atoms with Crippen LogP contribution in [-0.4, -0.2) is 67.0 Å². The number of aryl methyl sites for hydroxylation is 2. The highest BCUT2D eigenvalue weighted by Crippen LogP contribution is 2.34. The number of fused-ring (bicyclic) bond motifs is 1. The predicted molar refractivity (Wildman–Crippen MR) is 104 cm³/mol. The van der Waals surface area contributed by atoms with Gasteiger partial charge in [0.05, 0.1) is 29.3 Å². The maximum Gasteiger partial charge on any atom is 0.490 e. The molecule has 2 aromatic rings. The Morgan fingerprint density at radius 3 is 2.52 bits per heavy atom. The van der Waals surface area contributed by atoms with Gasteiger partial charge in [-0.15, -0.1) is 11.3 Å². The van der Waals surface area contributed by atoms with Gasteiger partial charge in [0.25, 0.3) is 5.91 Å². The van der Waals surface area contributed by atoms with E-state index in [4.69, 9.17) is 9.90 Å². The van der Waals surface area contributed by atoms with Gasteiger partial charge < -0.3 is 19.5 Å². The molecule has 2 aliphatic heterocycles. The van der Waals surface area contributed by atoms with Crippen molar-refractivity contribution >= 4 is 29.1 Å². The Bertz CT molecular complexity index is 987. The minimum Gasteiger partial charge on any atom is -0.475 e. The van der Waals surface area contributed by atoms with E-state index in [0.717, 1.165) is 17.1 Å². The lowest BCUT2D eigenvalue weighted by atomic mass is 10.1.